The van der Waals surface area contributed by atoms with Crippen LogP contribution in [0, 0.1) is 12.3 Å². The summed E-state index contributed by atoms with van der Waals surface area (Å²) < 4.78 is 1.57. The molecule has 1 aromatic carbocycles. The average Bonchev–Trinajstić information content (AvgIpc) is 3.17. The number of amides is 1. The van der Waals surface area contributed by atoms with Crippen LogP contribution in [0.4, 0.5) is 10.6 Å². The number of pyridine rings is 1. The van der Waals surface area contributed by atoms with E-state index in [1.165, 1.54) is 0 Å². The fraction of sp³-hybridized carbons (Fsp3) is 0.200. The van der Waals surface area contributed by atoms with Crippen LogP contribution in [0.2, 0.25) is 0 Å². The van der Waals surface area contributed by atoms with Crippen molar-refractivity contribution in [3.63, 3.8) is 0 Å². The third-order valence-corrected chi connectivity index (χ3v) is 4.08. The molecule has 0 spiro atoms. The lowest BCUT2D eigenvalue weighted by atomic mass is 10.1. The highest BCUT2D eigenvalue weighted by atomic mass is 16.6. The summed E-state index contributed by atoms with van der Waals surface area (Å²) in [5.41, 5.74) is 2.12. The molecule has 0 radical (unpaired) electrons. The molecule has 0 aliphatic heterocycles. The summed E-state index contributed by atoms with van der Waals surface area (Å²) in [4.78, 5) is 22.2. The first kappa shape index (κ1) is 20.5. The van der Waals surface area contributed by atoms with E-state index in [1.807, 2.05) is 24.3 Å². The van der Waals surface area contributed by atoms with E-state index in [1.54, 1.807) is 36.1 Å². The normalized spacial score (nSPS) is 10.7. The molecular weight excluding hydrogens is 386 g/mol. The Kier molecular flexibility index (Phi) is 6.68. The number of benzene rings is 1. The van der Waals surface area contributed by atoms with Gasteiger partial charge in [-0.15, -0.1) is 17.4 Å². The number of anilines is 1. The molecule has 0 bridgehead atoms. The van der Waals surface area contributed by atoms with Crippen LogP contribution in [0.3, 0.4) is 0 Å². The second-order valence-corrected chi connectivity index (χ2v) is 6.10. The molecular formula is C20H19N7O3. The Hall–Kier alpha value is -4.26. The summed E-state index contributed by atoms with van der Waals surface area (Å²) in [6, 6.07) is 12.5. The van der Waals surface area contributed by atoms with Gasteiger partial charge >= 0.3 is 6.09 Å². The monoisotopic (exact) mass is 405 g/mol. The Morgan fingerprint density at radius 3 is 2.90 bits per heavy atom. The van der Waals surface area contributed by atoms with E-state index in [2.05, 4.69) is 31.6 Å². The molecule has 0 aliphatic rings. The SMILES string of the molecule is C#CCCN(C(=O)O)c1cccc(CO/N=C\c2ccccc2-c2nnnn2C)n1. The van der Waals surface area contributed by atoms with E-state index in [4.69, 9.17) is 11.3 Å². The quantitative estimate of drug-likeness (QED) is 0.347. The molecule has 0 atom stereocenters. The number of nitrogens with zero attached hydrogens (tertiary/aromatic N) is 7. The van der Waals surface area contributed by atoms with Gasteiger partial charge in [0.25, 0.3) is 0 Å². The maximum absolute atomic E-state index is 11.4. The molecule has 10 nitrogen and oxygen atoms in total. The predicted molar refractivity (Wildman–Crippen MR) is 110 cm³/mol. The maximum atomic E-state index is 11.4. The topological polar surface area (TPSA) is 119 Å². The lowest BCUT2D eigenvalue weighted by Crippen LogP contribution is -2.31. The number of oxime groups is 1. The molecule has 10 heteroatoms. The zero-order valence-corrected chi connectivity index (χ0v) is 16.2. The van der Waals surface area contributed by atoms with E-state index in [0.717, 1.165) is 16.0 Å². The molecule has 0 fully saturated rings. The van der Waals surface area contributed by atoms with Gasteiger partial charge in [-0.3, -0.25) is 4.90 Å². The van der Waals surface area contributed by atoms with E-state index < -0.39 is 6.09 Å². The number of carbonyl (C=O) groups is 1. The van der Waals surface area contributed by atoms with Crippen molar-refractivity contribution in [2.75, 3.05) is 11.4 Å². The Morgan fingerprint density at radius 1 is 1.33 bits per heavy atom. The van der Waals surface area contributed by atoms with Gasteiger partial charge in [0.1, 0.15) is 5.82 Å². The first-order valence-electron chi connectivity index (χ1n) is 8.97. The number of carboxylic acid groups (broad SMARTS) is 1. The molecule has 3 rings (SSSR count). The van der Waals surface area contributed by atoms with Gasteiger partial charge in [0.2, 0.25) is 0 Å². The van der Waals surface area contributed by atoms with Crippen molar-refractivity contribution in [1.82, 2.24) is 25.2 Å². The van der Waals surface area contributed by atoms with Crippen LogP contribution >= 0.6 is 0 Å². The molecule has 0 saturated carbocycles. The number of tetrazole rings is 1. The molecule has 0 unspecified atom stereocenters. The van der Waals surface area contributed by atoms with Crippen LogP contribution in [0.5, 0.6) is 0 Å². The van der Waals surface area contributed by atoms with Gasteiger partial charge < -0.3 is 9.94 Å². The first-order chi connectivity index (χ1) is 14.6. The van der Waals surface area contributed by atoms with Crippen LogP contribution in [-0.4, -0.2) is 49.2 Å². The summed E-state index contributed by atoms with van der Waals surface area (Å²) in [7, 11) is 1.75. The summed E-state index contributed by atoms with van der Waals surface area (Å²) >= 11 is 0. The molecule has 0 aliphatic carbocycles. The molecule has 0 saturated heterocycles. The predicted octanol–water partition coefficient (Wildman–Crippen LogP) is 2.33. The van der Waals surface area contributed by atoms with Gasteiger partial charge in [-0.25, -0.2) is 14.5 Å². The molecule has 1 amide bonds. The molecule has 1 N–H and O–H groups in total. The van der Waals surface area contributed by atoms with Crippen LogP contribution in [0.1, 0.15) is 17.7 Å². The number of aromatic nitrogens is 5. The fourth-order valence-corrected chi connectivity index (χ4v) is 2.65. The molecule has 30 heavy (non-hydrogen) atoms. The van der Waals surface area contributed by atoms with E-state index in [-0.39, 0.29) is 19.0 Å². The minimum absolute atomic E-state index is 0.0701. The third-order valence-electron chi connectivity index (χ3n) is 4.08. The third kappa shape index (κ3) is 4.96. The van der Waals surface area contributed by atoms with Gasteiger partial charge in [0, 0.05) is 31.1 Å². The van der Waals surface area contributed by atoms with Crippen molar-refractivity contribution >= 4 is 18.1 Å². The summed E-state index contributed by atoms with van der Waals surface area (Å²) in [5, 5.41) is 24.9. The Bertz CT molecular complexity index is 1090. The van der Waals surface area contributed by atoms with Crippen molar-refractivity contribution in [2.45, 2.75) is 13.0 Å². The summed E-state index contributed by atoms with van der Waals surface area (Å²) in [5.74, 6) is 3.31. The van der Waals surface area contributed by atoms with E-state index >= 15 is 0 Å². The highest BCUT2D eigenvalue weighted by Crippen LogP contribution is 2.19. The number of hydrogen-bond donors (Lipinski definition) is 1. The van der Waals surface area contributed by atoms with Crippen LogP contribution in [-0.2, 0) is 18.5 Å². The van der Waals surface area contributed by atoms with Crippen LogP contribution < -0.4 is 4.90 Å². The zero-order chi connectivity index (χ0) is 21.3. The average molecular weight is 405 g/mol. The maximum Gasteiger partial charge on any atom is 0.413 e. The Morgan fingerprint density at radius 2 is 2.17 bits per heavy atom. The highest BCUT2D eigenvalue weighted by Gasteiger charge is 2.15. The van der Waals surface area contributed by atoms with Gasteiger partial charge in [0.05, 0.1) is 11.9 Å². The van der Waals surface area contributed by atoms with Crippen molar-refractivity contribution in [1.29, 1.82) is 0 Å². The summed E-state index contributed by atoms with van der Waals surface area (Å²) in [6.45, 7) is 0.232. The minimum atomic E-state index is -1.12. The Balaban J connectivity index is 1.68. The minimum Gasteiger partial charge on any atom is -0.465 e. The molecule has 2 aromatic heterocycles. The van der Waals surface area contributed by atoms with Gasteiger partial charge in [0.15, 0.2) is 12.4 Å². The highest BCUT2D eigenvalue weighted by molar-refractivity contribution is 5.88. The fourth-order valence-electron chi connectivity index (χ4n) is 2.65. The zero-order valence-electron chi connectivity index (χ0n) is 16.2. The van der Waals surface area contributed by atoms with Gasteiger partial charge in [-0.1, -0.05) is 35.5 Å². The van der Waals surface area contributed by atoms with Crippen molar-refractivity contribution in [3.05, 3.63) is 53.7 Å². The first-order valence-corrected chi connectivity index (χ1v) is 8.97. The largest absolute Gasteiger partial charge is 0.465 e. The summed E-state index contributed by atoms with van der Waals surface area (Å²) in [6.07, 6.45) is 5.96. The molecule has 152 valence electrons. The van der Waals surface area contributed by atoms with Crippen molar-refractivity contribution < 1.29 is 14.7 Å². The lowest BCUT2D eigenvalue weighted by Gasteiger charge is -2.17. The van der Waals surface area contributed by atoms with Crippen molar-refractivity contribution in [2.24, 2.45) is 12.2 Å². The number of terminal acetylenes is 1. The standard InChI is InChI=1S/C20H19N7O3/c1-3-4-12-27(20(28)29)18-11-7-9-16(22-18)14-30-21-13-15-8-5-6-10-17(15)19-23-24-25-26(19)2/h1,5-11,13H,4,12,14H2,2H3,(H,28,29)/b21-13-. The van der Waals surface area contributed by atoms with Crippen LogP contribution in [0.25, 0.3) is 11.4 Å². The van der Waals surface area contributed by atoms with Crippen molar-refractivity contribution in [3.8, 4) is 23.7 Å². The Labute approximate surface area is 172 Å². The molecule has 3 aromatic rings. The number of rotatable bonds is 8. The smallest absolute Gasteiger partial charge is 0.413 e. The van der Waals surface area contributed by atoms with E-state index in [0.29, 0.717) is 17.9 Å². The van der Waals surface area contributed by atoms with E-state index in [9.17, 15) is 9.90 Å². The number of hydrogen-bond acceptors (Lipinski definition) is 7. The number of aryl methyl sites for hydroxylation is 1. The van der Waals surface area contributed by atoms with Crippen LogP contribution in [0.15, 0.2) is 47.6 Å². The second-order valence-electron chi connectivity index (χ2n) is 6.10. The van der Waals surface area contributed by atoms with Gasteiger partial charge in [-0.2, -0.15) is 0 Å². The molecule has 2 heterocycles. The second kappa shape index (κ2) is 9.79. The lowest BCUT2D eigenvalue weighted by molar-refractivity contribution is 0.129. The van der Waals surface area contributed by atoms with Gasteiger partial charge in [-0.05, 0) is 22.6 Å².